The van der Waals surface area contributed by atoms with E-state index in [1.54, 1.807) is 0 Å². The molecule has 0 saturated heterocycles. The van der Waals surface area contributed by atoms with Crippen molar-refractivity contribution in [2.24, 2.45) is 0 Å². The number of nitrogens with one attached hydrogen (secondary N) is 1. The number of thiophene rings is 1. The van der Waals surface area contributed by atoms with E-state index in [9.17, 15) is 0 Å². The number of hydrogen-bond donors (Lipinski definition) is 1. The van der Waals surface area contributed by atoms with Crippen LogP contribution in [0.25, 0.3) is 10.4 Å². The predicted molar refractivity (Wildman–Crippen MR) is 85.8 cm³/mol. The quantitative estimate of drug-likeness (QED) is 0.765. The third-order valence-corrected chi connectivity index (χ3v) is 4.57. The summed E-state index contributed by atoms with van der Waals surface area (Å²) in [6, 6.07) is 13.8. The molecule has 1 heterocycles. The second-order valence-corrected chi connectivity index (χ2v) is 6.10. The fourth-order valence-corrected chi connectivity index (χ4v) is 3.42. The SMILES string of the molecule is CCCNC(CC)c1ccc(-c2cccc(C)c2)s1. The minimum atomic E-state index is 0.503. The topological polar surface area (TPSA) is 12.0 Å². The number of rotatable bonds is 6. The van der Waals surface area contributed by atoms with Gasteiger partial charge < -0.3 is 5.32 Å². The Labute approximate surface area is 120 Å². The third kappa shape index (κ3) is 3.68. The highest BCUT2D eigenvalue weighted by Gasteiger charge is 2.11. The zero-order valence-electron chi connectivity index (χ0n) is 12.1. The van der Waals surface area contributed by atoms with Gasteiger partial charge in [0.2, 0.25) is 0 Å². The molecule has 1 nitrogen and oxygen atoms in total. The maximum atomic E-state index is 3.62. The molecule has 0 bridgehead atoms. The molecule has 1 N–H and O–H groups in total. The molecule has 1 aromatic carbocycles. The van der Waals surface area contributed by atoms with Crippen LogP contribution in [-0.4, -0.2) is 6.54 Å². The van der Waals surface area contributed by atoms with Gasteiger partial charge >= 0.3 is 0 Å². The summed E-state index contributed by atoms with van der Waals surface area (Å²) in [4.78, 5) is 2.82. The summed E-state index contributed by atoms with van der Waals surface area (Å²) in [5.74, 6) is 0. The first-order valence-corrected chi connectivity index (χ1v) is 7.96. The highest BCUT2D eigenvalue weighted by Crippen LogP contribution is 2.32. The molecule has 2 rings (SSSR count). The van der Waals surface area contributed by atoms with Crippen LogP contribution in [0.4, 0.5) is 0 Å². The van der Waals surface area contributed by atoms with Gasteiger partial charge in [-0.25, -0.2) is 0 Å². The van der Waals surface area contributed by atoms with Crippen molar-refractivity contribution in [2.45, 2.75) is 39.7 Å². The van der Waals surface area contributed by atoms with E-state index in [1.165, 1.54) is 27.3 Å². The standard InChI is InChI=1S/C17H23NS/c1-4-11-18-15(5-2)17-10-9-16(19-17)14-8-6-7-13(3)12-14/h6-10,12,15,18H,4-5,11H2,1-3H3. The monoisotopic (exact) mass is 273 g/mol. The van der Waals surface area contributed by atoms with Crippen molar-refractivity contribution in [3.63, 3.8) is 0 Å². The Morgan fingerprint density at radius 3 is 2.68 bits per heavy atom. The first kappa shape index (κ1) is 14.3. The van der Waals surface area contributed by atoms with Crippen molar-refractivity contribution in [1.82, 2.24) is 5.32 Å². The van der Waals surface area contributed by atoms with E-state index in [2.05, 4.69) is 62.5 Å². The van der Waals surface area contributed by atoms with Crippen LogP contribution in [0.2, 0.25) is 0 Å². The van der Waals surface area contributed by atoms with Gasteiger partial charge in [-0.2, -0.15) is 0 Å². The molecule has 0 radical (unpaired) electrons. The second kappa shape index (κ2) is 6.88. The minimum Gasteiger partial charge on any atom is -0.309 e. The van der Waals surface area contributed by atoms with Gasteiger partial charge in [0.15, 0.2) is 0 Å². The molecule has 2 aromatic rings. The van der Waals surface area contributed by atoms with Crippen LogP contribution in [0.1, 0.15) is 43.2 Å². The minimum absolute atomic E-state index is 0.503. The van der Waals surface area contributed by atoms with Gasteiger partial charge in [0.1, 0.15) is 0 Å². The number of hydrogen-bond acceptors (Lipinski definition) is 2. The van der Waals surface area contributed by atoms with Crippen LogP contribution in [0.5, 0.6) is 0 Å². The average molecular weight is 273 g/mol. The van der Waals surface area contributed by atoms with Crippen molar-refractivity contribution < 1.29 is 0 Å². The Balaban J connectivity index is 2.18. The molecular weight excluding hydrogens is 250 g/mol. The van der Waals surface area contributed by atoms with E-state index in [0.29, 0.717) is 6.04 Å². The molecule has 1 aromatic heterocycles. The van der Waals surface area contributed by atoms with Gasteiger partial charge in [0.25, 0.3) is 0 Å². The van der Waals surface area contributed by atoms with E-state index < -0.39 is 0 Å². The highest BCUT2D eigenvalue weighted by molar-refractivity contribution is 7.15. The van der Waals surface area contributed by atoms with Crippen molar-refractivity contribution >= 4 is 11.3 Å². The lowest BCUT2D eigenvalue weighted by molar-refractivity contribution is 0.525. The molecule has 0 aliphatic carbocycles. The second-order valence-electron chi connectivity index (χ2n) is 4.99. The number of aryl methyl sites for hydroxylation is 1. The molecule has 0 saturated carbocycles. The van der Waals surface area contributed by atoms with Crippen molar-refractivity contribution in [3.05, 3.63) is 46.8 Å². The summed E-state index contributed by atoms with van der Waals surface area (Å²) < 4.78 is 0. The summed E-state index contributed by atoms with van der Waals surface area (Å²) in [6.07, 6.45) is 2.33. The molecule has 19 heavy (non-hydrogen) atoms. The predicted octanol–water partition coefficient (Wildman–Crippen LogP) is 5.17. The fraction of sp³-hybridized carbons (Fsp3) is 0.412. The van der Waals surface area contributed by atoms with Gasteiger partial charge in [-0.3, -0.25) is 0 Å². The lowest BCUT2D eigenvalue weighted by atomic mass is 10.1. The largest absolute Gasteiger partial charge is 0.309 e. The molecule has 0 aliphatic heterocycles. The summed E-state index contributed by atoms with van der Waals surface area (Å²) in [5.41, 5.74) is 2.66. The lowest BCUT2D eigenvalue weighted by Gasteiger charge is -2.14. The summed E-state index contributed by atoms with van der Waals surface area (Å²) in [5, 5.41) is 3.62. The van der Waals surface area contributed by atoms with E-state index >= 15 is 0 Å². The third-order valence-electron chi connectivity index (χ3n) is 3.32. The van der Waals surface area contributed by atoms with Gasteiger partial charge in [-0.05, 0) is 44.0 Å². The summed E-state index contributed by atoms with van der Waals surface area (Å²) >= 11 is 1.92. The van der Waals surface area contributed by atoms with Crippen LogP contribution in [0.3, 0.4) is 0 Å². The normalized spacial score (nSPS) is 12.6. The van der Waals surface area contributed by atoms with Crippen molar-refractivity contribution in [2.75, 3.05) is 6.54 Å². The zero-order chi connectivity index (χ0) is 13.7. The Kier molecular flexibility index (Phi) is 5.17. The molecule has 2 heteroatoms. The lowest BCUT2D eigenvalue weighted by Crippen LogP contribution is -2.20. The van der Waals surface area contributed by atoms with E-state index in [4.69, 9.17) is 0 Å². The zero-order valence-corrected chi connectivity index (χ0v) is 12.9. The Bertz CT molecular complexity index is 515. The van der Waals surface area contributed by atoms with Crippen LogP contribution < -0.4 is 5.32 Å². The molecule has 0 fully saturated rings. The molecule has 0 aliphatic rings. The van der Waals surface area contributed by atoms with E-state index in [1.807, 2.05) is 11.3 Å². The van der Waals surface area contributed by atoms with Crippen LogP contribution in [-0.2, 0) is 0 Å². The number of benzene rings is 1. The maximum absolute atomic E-state index is 3.62. The van der Waals surface area contributed by atoms with Crippen molar-refractivity contribution in [1.29, 1.82) is 0 Å². The molecule has 1 unspecified atom stereocenters. The summed E-state index contributed by atoms with van der Waals surface area (Å²) in [7, 11) is 0. The summed E-state index contributed by atoms with van der Waals surface area (Å²) in [6.45, 7) is 7.71. The van der Waals surface area contributed by atoms with Crippen molar-refractivity contribution in [3.8, 4) is 10.4 Å². The average Bonchev–Trinajstić information content (AvgIpc) is 2.89. The van der Waals surface area contributed by atoms with Gasteiger partial charge in [0.05, 0.1) is 0 Å². The van der Waals surface area contributed by atoms with Crippen LogP contribution in [0.15, 0.2) is 36.4 Å². The Hall–Kier alpha value is -1.12. The van der Waals surface area contributed by atoms with E-state index in [-0.39, 0.29) is 0 Å². The molecule has 0 amide bonds. The fourth-order valence-electron chi connectivity index (χ4n) is 2.26. The first-order chi connectivity index (χ1) is 9.24. The molecular formula is C17H23NS. The molecule has 102 valence electrons. The Morgan fingerprint density at radius 2 is 2.00 bits per heavy atom. The first-order valence-electron chi connectivity index (χ1n) is 7.14. The maximum Gasteiger partial charge on any atom is 0.0412 e. The molecule has 1 atom stereocenters. The van der Waals surface area contributed by atoms with E-state index in [0.717, 1.165) is 13.0 Å². The highest BCUT2D eigenvalue weighted by atomic mass is 32.1. The smallest absolute Gasteiger partial charge is 0.0412 e. The van der Waals surface area contributed by atoms with Gasteiger partial charge in [-0.1, -0.05) is 43.7 Å². The van der Waals surface area contributed by atoms with Gasteiger partial charge in [0, 0.05) is 15.8 Å². The Morgan fingerprint density at radius 1 is 1.16 bits per heavy atom. The molecule has 0 spiro atoms. The van der Waals surface area contributed by atoms with Crippen LogP contribution >= 0.6 is 11.3 Å². The van der Waals surface area contributed by atoms with Gasteiger partial charge in [-0.15, -0.1) is 11.3 Å². The van der Waals surface area contributed by atoms with Crippen LogP contribution in [0, 0.1) is 6.92 Å².